The van der Waals surface area contributed by atoms with Gasteiger partial charge in [0, 0.05) is 44.2 Å². The number of amides is 2. The molecule has 1 N–H and O–H groups in total. The van der Waals surface area contributed by atoms with Crippen LogP contribution in [-0.4, -0.2) is 61.4 Å². The molecule has 1 aliphatic heterocycles. The molecular formula is C16H23N3O2. The van der Waals surface area contributed by atoms with E-state index in [1.807, 2.05) is 54.1 Å². The molecule has 0 spiro atoms. The van der Waals surface area contributed by atoms with Crippen LogP contribution < -0.4 is 5.32 Å². The number of nitrogens with one attached hydrogen (secondary N) is 1. The smallest absolute Gasteiger partial charge is 0.253 e. The lowest BCUT2D eigenvalue weighted by Gasteiger charge is -2.36. The predicted molar refractivity (Wildman–Crippen MR) is 82.0 cm³/mol. The van der Waals surface area contributed by atoms with Crippen LogP contribution in [-0.2, 0) is 4.79 Å². The van der Waals surface area contributed by atoms with Gasteiger partial charge in [0.25, 0.3) is 5.91 Å². The lowest BCUT2D eigenvalue weighted by atomic mass is 10.1. The van der Waals surface area contributed by atoms with Gasteiger partial charge in [-0.05, 0) is 19.2 Å². The first kappa shape index (κ1) is 15.5. The van der Waals surface area contributed by atoms with Crippen molar-refractivity contribution in [3.05, 3.63) is 35.9 Å². The van der Waals surface area contributed by atoms with Gasteiger partial charge in [0.05, 0.1) is 0 Å². The van der Waals surface area contributed by atoms with E-state index in [-0.39, 0.29) is 17.7 Å². The lowest BCUT2D eigenvalue weighted by Crippen LogP contribution is -2.52. The second-order valence-corrected chi connectivity index (χ2v) is 5.44. The third-order valence-electron chi connectivity index (χ3n) is 3.83. The average molecular weight is 289 g/mol. The topological polar surface area (TPSA) is 52.7 Å². The van der Waals surface area contributed by atoms with Gasteiger partial charge in [-0.1, -0.05) is 25.1 Å². The molecule has 2 amide bonds. The minimum atomic E-state index is -0.0219. The number of hydrogen-bond acceptors (Lipinski definition) is 3. The van der Waals surface area contributed by atoms with E-state index in [0.29, 0.717) is 38.3 Å². The second kappa shape index (κ2) is 7.22. The summed E-state index contributed by atoms with van der Waals surface area (Å²) in [6.07, 6.45) is 0. The number of piperazine rings is 1. The molecular weight excluding hydrogens is 266 g/mol. The fraction of sp³-hybridized carbons (Fsp3) is 0.500. The highest BCUT2D eigenvalue weighted by Gasteiger charge is 2.26. The molecule has 0 bridgehead atoms. The quantitative estimate of drug-likeness (QED) is 0.893. The molecule has 0 radical (unpaired) electrons. The van der Waals surface area contributed by atoms with Crippen LogP contribution in [0.2, 0.25) is 0 Å². The maximum Gasteiger partial charge on any atom is 0.253 e. The predicted octanol–water partition coefficient (Wildman–Crippen LogP) is 0.827. The first-order chi connectivity index (χ1) is 10.1. The van der Waals surface area contributed by atoms with Crippen molar-refractivity contribution in [3.63, 3.8) is 0 Å². The monoisotopic (exact) mass is 289 g/mol. The van der Waals surface area contributed by atoms with E-state index in [4.69, 9.17) is 0 Å². The fourth-order valence-electron chi connectivity index (χ4n) is 2.60. The Morgan fingerprint density at radius 2 is 1.67 bits per heavy atom. The van der Waals surface area contributed by atoms with Crippen molar-refractivity contribution in [3.8, 4) is 0 Å². The van der Waals surface area contributed by atoms with Gasteiger partial charge in [0.15, 0.2) is 0 Å². The molecule has 5 nitrogen and oxygen atoms in total. The van der Waals surface area contributed by atoms with Gasteiger partial charge >= 0.3 is 0 Å². The summed E-state index contributed by atoms with van der Waals surface area (Å²) in [5, 5.41) is 3.02. The maximum atomic E-state index is 12.3. The maximum absolute atomic E-state index is 12.3. The summed E-state index contributed by atoms with van der Waals surface area (Å²) < 4.78 is 0. The first-order valence-corrected chi connectivity index (χ1v) is 7.41. The van der Waals surface area contributed by atoms with Gasteiger partial charge in [-0.15, -0.1) is 0 Å². The molecule has 21 heavy (non-hydrogen) atoms. The Morgan fingerprint density at radius 1 is 1.10 bits per heavy atom. The van der Waals surface area contributed by atoms with Gasteiger partial charge < -0.3 is 15.1 Å². The van der Waals surface area contributed by atoms with Crippen LogP contribution in [0.15, 0.2) is 30.3 Å². The van der Waals surface area contributed by atoms with E-state index in [1.54, 1.807) is 0 Å². The van der Waals surface area contributed by atoms with Crippen molar-refractivity contribution in [2.24, 2.45) is 5.92 Å². The number of hydrogen-bond donors (Lipinski definition) is 1. The van der Waals surface area contributed by atoms with E-state index >= 15 is 0 Å². The molecule has 1 aliphatic rings. The fourth-order valence-corrected chi connectivity index (χ4v) is 2.60. The van der Waals surface area contributed by atoms with Gasteiger partial charge in [-0.3, -0.25) is 9.59 Å². The Morgan fingerprint density at radius 3 is 2.24 bits per heavy atom. The highest BCUT2D eigenvalue weighted by Crippen LogP contribution is 2.11. The molecule has 1 fully saturated rings. The van der Waals surface area contributed by atoms with Crippen LogP contribution in [0.3, 0.4) is 0 Å². The molecule has 114 valence electrons. The van der Waals surface area contributed by atoms with E-state index in [1.165, 1.54) is 0 Å². The van der Waals surface area contributed by atoms with E-state index < -0.39 is 0 Å². The summed E-state index contributed by atoms with van der Waals surface area (Å²) >= 11 is 0. The van der Waals surface area contributed by atoms with Crippen molar-refractivity contribution in [1.82, 2.24) is 15.1 Å². The Labute approximate surface area is 125 Å². The van der Waals surface area contributed by atoms with Crippen LogP contribution in [0.4, 0.5) is 0 Å². The van der Waals surface area contributed by atoms with Crippen LogP contribution in [0.1, 0.15) is 17.3 Å². The van der Waals surface area contributed by atoms with Crippen molar-refractivity contribution < 1.29 is 9.59 Å². The van der Waals surface area contributed by atoms with Crippen molar-refractivity contribution in [2.45, 2.75) is 6.92 Å². The summed E-state index contributed by atoms with van der Waals surface area (Å²) in [5.74, 6) is 0.188. The summed E-state index contributed by atoms with van der Waals surface area (Å²) in [7, 11) is 1.85. The SMILES string of the molecule is CNCC(C)C(=O)N1CCN(C(=O)c2ccccc2)CC1. The molecule has 5 heteroatoms. The average Bonchev–Trinajstić information content (AvgIpc) is 2.54. The third kappa shape index (κ3) is 3.82. The number of benzene rings is 1. The van der Waals surface area contributed by atoms with Crippen LogP contribution in [0.25, 0.3) is 0 Å². The van der Waals surface area contributed by atoms with Crippen LogP contribution in [0.5, 0.6) is 0 Å². The Hall–Kier alpha value is -1.88. The molecule has 2 rings (SSSR count). The minimum absolute atomic E-state index is 0.0219. The third-order valence-corrected chi connectivity index (χ3v) is 3.83. The number of nitrogens with zero attached hydrogens (tertiary/aromatic N) is 2. The molecule has 1 unspecified atom stereocenters. The van der Waals surface area contributed by atoms with Crippen molar-refractivity contribution in [1.29, 1.82) is 0 Å². The Kier molecular flexibility index (Phi) is 5.33. The standard InChI is InChI=1S/C16H23N3O2/c1-13(12-17-2)15(20)18-8-10-19(11-9-18)16(21)14-6-4-3-5-7-14/h3-7,13,17H,8-12H2,1-2H3. The zero-order chi connectivity index (χ0) is 15.2. The van der Waals surface area contributed by atoms with E-state index in [9.17, 15) is 9.59 Å². The second-order valence-electron chi connectivity index (χ2n) is 5.44. The summed E-state index contributed by atoms with van der Waals surface area (Å²) in [5.41, 5.74) is 0.709. The van der Waals surface area contributed by atoms with E-state index in [0.717, 1.165) is 0 Å². The van der Waals surface area contributed by atoms with Crippen molar-refractivity contribution in [2.75, 3.05) is 39.8 Å². The highest BCUT2D eigenvalue weighted by molar-refractivity contribution is 5.94. The van der Waals surface area contributed by atoms with E-state index in [2.05, 4.69) is 5.32 Å². The molecule has 1 aromatic rings. The zero-order valence-electron chi connectivity index (χ0n) is 12.7. The number of carbonyl (C=O) groups is 2. The first-order valence-electron chi connectivity index (χ1n) is 7.41. The lowest BCUT2D eigenvalue weighted by molar-refractivity contribution is -0.136. The summed E-state index contributed by atoms with van der Waals surface area (Å²) in [6, 6.07) is 9.29. The molecule has 1 atom stereocenters. The molecule has 0 aromatic heterocycles. The van der Waals surface area contributed by atoms with Crippen molar-refractivity contribution >= 4 is 11.8 Å². The molecule has 1 aromatic carbocycles. The molecule has 0 saturated carbocycles. The van der Waals surface area contributed by atoms with Gasteiger partial charge in [-0.25, -0.2) is 0 Å². The van der Waals surface area contributed by atoms with Crippen LogP contribution >= 0.6 is 0 Å². The Bertz CT molecular complexity index is 482. The minimum Gasteiger partial charge on any atom is -0.339 e. The summed E-state index contributed by atoms with van der Waals surface area (Å²) in [6.45, 7) is 5.05. The summed E-state index contributed by atoms with van der Waals surface area (Å²) in [4.78, 5) is 28.2. The largest absolute Gasteiger partial charge is 0.339 e. The van der Waals surface area contributed by atoms with Crippen LogP contribution in [0, 0.1) is 5.92 Å². The van der Waals surface area contributed by atoms with Gasteiger partial charge in [-0.2, -0.15) is 0 Å². The number of carbonyl (C=O) groups excluding carboxylic acids is 2. The zero-order valence-corrected chi connectivity index (χ0v) is 12.7. The van der Waals surface area contributed by atoms with Gasteiger partial charge in [0.2, 0.25) is 5.91 Å². The molecule has 1 saturated heterocycles. The molecule has 0 aliphatic carbocycles. The van der Waals surface area contributed by atoms with Gasteiger partial charge in [0.1, 0.15) is 0 Å². The molecule has 1 heterocycles. The Balaban J connectivity index is 1.89. The number of rotatable bonds is 4. The highest BCUT2D eigenvalue weighted by atomic mass is 16.2. The normalized spacial score (nSPS) is 16.7.